The number of anilines is 3. The van der Waals surface area contributed by atoms with Gasteiger partial charge in [0, 0.05) is 50.2 Å². The summed E-state index contributed by atoms with van der Waals surface area (Å²) in [5.41, 5.74) is 8.69. The lowest BCUT2D eigenvalue weighted by atomic mass is 9.98. The third kappa shape index (κ3) is 5.98. The molecule has 1 fully saturated rings. The molecule has 0 bridgehead atoms. The second-order valence-electron chi connectivity index (χ2n) is 9.82. The molecule has 14 heteroatoms. The van der Waals surface area contributed by atoms with Gasteiger partial charge in [0.05, 0.1) is 16.8 Å². The molecular formula is C27H28F3N9O2. The number of rotatable bonds is 6. The number of aromatic nitrogens is 4. The molecule has 41 heavy (non-hydrogen) atoms. The van der Waals surface area contributed by atoms with E-state index in [0.717, 1.165) is 50.2 Å². The Morgan fingerprint density at radius 1 is 1.02 bits per heavy atom. The van der Waals surface area contributed by atoms with Gasteiger partial charge in [-0.05, 0) is 43.8 Å². The molecule has 4 heterocycles. The summed E-state index contributed by atoms with van der Waals surface area (Å²) in [4.78, 5) is 37.9. The second kappa shape index (κ2) is 11.1. The molecule has 5 rings (SSSR count). The average molecular weight is 568 g/mol. The molecule has 0 atom stereocenters. The molecule has 0 saturated carbocycles. The van der Waals surface area contributed by atoms with Crippen LogP contribution in [-0.4, -0.2) is 74.4 Å². The van der Waals surface area contributed by atoms with Gasteiger partial charge in [-0.15, -0.1) is 0 Å². The first kappa shape index (κ1) is 28.0. The summed E-state index contributed by atoms with van der Waals surface area (Å²) in [5, 5.41) is 9.30. The minimum absolute atomic E-state index is 0.149. The Kier molecular flexibility index (Phi) is 7.60. The van der Waals surface area contributed by atoms with Crippen molar-refractivity contribution >= 4 is 34.7 Å². The van der Waals surface area contributed by atoms with Crippen molar-refractivity contribution in [2.45, 2.75) is 19.6 Å². The number of nitrogen functional groups attached to an aromatic ring is 1. The number of Topliss-reactive ketones (excluding diaryl/α,β-unsaturated/α-hetero) is 1. The number of nitrogens with zero attached hydrogens (tertiary/aromatic N) is 6. The zero-order chi connectivity index (χ0) is 29.3. The molecule has 3 aromatic heterocycles. The van der Waals surface area contributed by atoms with Crippen LogP contribution < -0.4 is 16.4 Å². The molecule has 1 saturated heterocycles. The van der Waals surface area contributed by atoms with E-state index < -0.39 is 17.8 Å². The molecule has 4 N–H and O–H groups in total. The Labute approximate surface area is 233 Å². The van der Waals surface area contributed by atoms with Crippen molar-refractivity contribution in [3.05, 3.63) is 65.7 Å². The van der Waals surface area contributed by atoms with Crippen LogP contribution in [0.5, 0.6) is 0 Å². The standard InChI is InChI=1S/C27H28F3N9O2/c1-16(40)22-20(14-38-11-9-37(2)10-12-38)39-24(25(31)33-15-34-39)23(22)17-3-5-19(6-4-17)35-26(41)36-21-13-18(7-8-32-21)27(28,29)30/h3-8,13,15H,9-12,14H2,1-2H3,(H2,31,33,34)(H2,32,35,36,41). The number of likely N-dealkylation sites (N-methyl/N-ethyl adjacent to an activating group) is 1. The van der Waals surface area contributed by atoms with Crippen molar-refractivity contribution in [1.82, 2.24) is 29.4 Å². The van der Waals surface area contributed by atoms with Crippen molar-refractivity contribution in [2.75, 3.05) is 49.6 Å². The zero-order valence-corrected chi connectivity index (χ0v) is 22.4. The summed E-state index contributed by atoms with van der Waals surface area (Å²) in [7, 11) is 2.07. The quantitative estimate of drug-likeness (QED) is 0.298. The Bertz CT molecular complexity index is 1590. The largest absolute Gasteiger partial charge is 0.416 e. The third-order valence-corrected chi connectivity index (χ3v) is 6.93. The van der Waals surface area contributed by atoms with Gasteiger partial charge in [0.15, 0.2) is 11.6 Å². The number of hydrogen-bond acceptors (Lipinski definition) is 8. The predicted molar refractivity (Wildman–Crippen MR) is 147 cm³/mol. The molecule has 2 amide bonds. The average Bonchev–Trinajstić information content (AvgIpc) is 3.25. The van der Waals surface area contributed by atoms with Crippen molar-refractivity contribution in [1.29, 1.82) is 0 Å². The molecule has 0 radical (unpaired) electrons. The summed E-state index contributed by atoms with van der Waals surface area (Å²) >= 11 is 0. The number of piperazine rings is 1. The van der Waals surface area contributed by atoms with Gasteiger partial charge in [0.25, 0.3) is 0 Å². The number of ketones is 1. The van der Waals surface area contributed by atoms with Crippen molar-refractivity contribution in [2.24, 2.45) is 0 Å². The van der Waals surface area contributed by atoms with Gasteiger partial charge < -0.3 is 16.0 Å². The molecule has 0 unspecified atom stereocenters. The van der Waals surface area contributed by atoms with E-state index in [2.05, 4.69) is 42.5 Å². The van der Waals surface area contributed by atoms with Gasteiger partial charge in [-0.1, -0.05) is 12.1 Å². The smallest absolute Gasteiger partial charge is 0.382 e. The van der Waals surface area contributed by atoms with E-state index >= 15 is 0 Å². The topological polar surface area (TPSA) is 134 Å². The fourth-order valence-corrected chi connectivity index (χ4v) is 4.87. The monoisotopic (exact) mass is 567 g/mol. The van der Waals surface area contributed by atoms with E-state index in [1.54, 1.807) is 28.8 Å². The van der Waals surface area contributed by atoms with Gasteiger partial charge in [-0.2, -0.15) is 18.3 Å². The van der Waals surface area contributed by atoms with Gasteiger partial charge in [-0.25, -0.2) is 19.3 Å². The highest BCUT2D eigenvalue weighted by atomic mass is 19.4. The van der Waals surface area contributed by atoms with Gasteiger partial charge in [0.2, 0.25) is 0 Å². The molecule has 1 aliphatic rings. The Morgan fingerprint density at radius 2 is 1.73 bits per heavy atom. The van der Waals surface area contributed by atoms with E-state index in [1.807, 2.05) is 0 Å². The van der Waals surface area contributed by atoms with Crippen molar-refractivity contribution in [3.8, 4) is 11.1 Å². The van der Waals surface area contributed by atoms with Crippen molar-refractivity contribution < 1.29 is 22.8 Å². The summed E-state index contributed by atoms with van der Waals surface area (Å²) in [6.07, 6.45) is -2.24. The molecule has 4 aromatic rings. The number of nitrogens with one attached hydrogen (secondary N) is 2. The first-order valence-electron chi connectivity index (χ1n) is 12.8. The number of urea groups is 1. The Hall–Kier alpha value is -4.56. The van der Waals surface area contributed by atoms with Crippen LogP contribution in [0.25, 0.3) is 16.6 Å². The highest BCUT2D eigenvalue weighted by Crippen LogP contribution is 2.37. The summed E-state index contributed by atoms with van der Waals surface area (Å²) < 4.78 is 40.6. The fraction of sp³-hybridized carbons (Fsp3) is 0.296. The first-order chi connectivity index (χ1) is 19.5. The molecule has 0 spiro atoms. The van der Waals surface area contributed by atoms with E-state index in [1.165, 1.54) is 13.3 Å². The fourth-order valence-electron chi connectivity index (χ4n) is 4.87. The van der Waals surface area contributed by atoms with Crippen LogP contribution in [0.15, 0.2) is 48.9 Å². The summed E-state index contributed by atoms with van der Waals surface area (Å²) in [5.74, 6) is -0.176. The zero-order valence-electron chi connectivity index (χ0n) is 22.4. The molecule has 214 valence electrons. The lowest BCUT2D eigenvalue weighted by molar-refractivity contribution is -0.137. The normalized spacial score (nSPS) is 14.8. The molecule has 0 aliphatic carbocycles. The van der Waals surface area contributed by atoms with Crippen LogP contribution in [0.1, 0.15) is 28.5 Å². The highest BCUT2D eigenvalue weighted by Gasteiger charge is 2.31. The van der Waals surface area contributed by atoms with Crippen LogP contribution >= 0.6 is 0 Å². The molecule has 11 nitrogen and oxygen atoms in total. The first-order valence-corrected chi connectivity index (χ1v) is 12.8. The maximum atomic E-state index is 13.0. The maximum Gasteiger partial charge on any atom is 0.416 e. The number of hydrogen-bond donors (Lipinski definition) is 3. The number of fused-ring (bicyclic) bond motifs is 1. The molecule has 1 aliphatic heterocycles. The summed E-state index contributed by atoms with van der Waals surface area (Å²) in [6.45, 7) is 5.51. The van der Waals surface area contributed by atoms with Crippen LogP contribution in [0.2, 0.25) is 0 Å². The lowest BCUT2D eigenvalue weighted by Gasteiger charge is -2.32. The van der Waals surface area contributed by atoms with Crippen LogP contribution in [-0.2, 0) is 12.7 Å². The minimum atomic E-state index is -4.56. The second-order valence-corrected chi connectivity index (χ2v) is 9.82. The Balaban J connectivity index is 1.43. The van der Waals surface area contributed by atoms with Crippen LogP contribution in [0, 0.1) is 0 Å². The molecular weight excluding hydrogens is 539 g/mol. The molecule has 1 aromatic carbocycles. The number of carbonyl (C=O) groups excluding carboxylic acids is 2. The minimum Gasteiger partial charge on any atom is -0.382 e. The number of nitrogens with two attached hydrogens (primary N) is 1. The number of carbonyl (C=O) groups is 2. The van der Waals surface area contributed by atoms with Crippen LogP contribution in [0.4, 0.5) is 35.3 Å². The van der Waals surface area contributed by atoms with Crippen molar-refractivity contribution in [3.63, 3.8) is 0 Å². The summed E-state index contributed by atoms with van der Waals surface area (Å²) in [6, 6.07) is 7.45. The van der Waals surface area contributed by atoms with E-state index in [9.17, 15) is 22.8 Å². The SMILES string of the molecule is CC(=O)c1c(-c2ccc(NC(=O)Nc3cc(C(F)(F)F)ccn3)cc2)c2c(N)ncnn2c1CN1CCN(C)CC1. The number of pyridine rings is 1. The number of benzene rings is 1. The van der Waals surface area contributed by atoms with E-state index in [-0.39, 0.29) is 17.4 Å². The van der Waals surface area contributed by atoms with Gasteiger partial charge in [-0.3, -0.25) is 15.0 Å². The van der Waals surface area contributed by atoms with Crippen LogP contribution in [0.3, 0.4) is 0 Å². The lowest BCUT2D eigenvalue weighted by Crippen LogP contribution is -2.44. The Morgan fingerprint density at radius 3 is 2.39 bits per heavy atom. The van der Waals surface area contributed by atoms with Gasteiger partial charge in [0.1, 0.15) is 17.7 Å². The third-order valence-electron chi connectivity index (χ3n) is 6.93. The number of halogens is 3. The van der Waals surface area contributed by atoms with Gasteiger partial charge >= 0.3 is 12.2 Å². The number of alkyl halides is 3. The predicted octanol–water partition coefficient (Wildman–Crippen LogP) is 3.99. The van der Waals surface area contributed by atoms with E-state index in [0.29, 0.717) is 34.4 Å². The highest BCUT2D eigenvalue weighted by molar-refractivity contribution is 6.08. The van der Waals surface area contributed by atoms with E-state index in [4.69, 9.17) is 5.73 Å². The maximum absolute atomic E-state index is 13.0. The number of amides is 2.